The van der Waals surface area contributed by atoms with E-state index in [2.05, 4.69) is 6.92 Å². The quantitative estimate of drug-likeness (QED) is 0.482. The van der Waals surface area contributed by atoms with Crippen molar-refractivity contribution in [2.24, 2.45) is 0 Å². The van der Waals surface area contributed by atoms with Crippen LogP contribution in [0.4, 0.5) is 0 Å². The monoisotopic (exact) mass is 198 g/mol. The SMILES string of the molecule is CCCCCCC(C)[O-].CC[O-].[Mg+2]. The molecule has 0 amide bonds. The van der Waals surface area contributed by atoms with Crippen LogP contribution < -0.4 is 10.2 Å². The smallest absolute Gasteiger partial charge is 0.855 e. The second kappa shape index (κ2) is 18.5. The summed E-state index contributed by atoms with van der Waals surface area (Å²) >= 11 is 0. The molecule has 0 aliphatic carbocycles. The Morgan fingerprint density at radius 2 is 1.54 bits per heavy atom. The zero-order valence-corrected chi connectivity index (χ0v) is 10.8. The van der Waals surface area contributed by atoms with Crippen molar-refractivity contribution in [3.8, 4) is 0 Å². The Balaban J connectivity index is -0.000000220. The molecule has 0 aromatic carbocycles. The average molecular weight is 199 g/mol. The van der Waals surface area contributed by atoms with E-state index >= 15 is 0 Å². The van der Waals surface area contributed by atoms with Gasteiger partial charge in [-0.2, -0.15) is 0 Å². The van der Waals surface area contributed by atoms with Crippen LogP contribution in [0, 0.1) is 0 Å². The molecule has 0 heterocycles. The number of hydrogen-bond acceptors (Lipinski definition) is 2. The third-order valence-electron chi connectivity index (χ3n) is 1.46. The van der Waals surface area contributed by atoms with Crippen molar-refractivity contribution < 1.29 is 10.2 Å². The molecule has 0 N–H and O–H groups in total. The molecule has 13 heavy (non-hydrogen) atoms. The Morgan fingerprint density at radius 1 is 1.08 bits per heavy atom. The second-order valence-corrected chi connectivity index (χ2v) is 2.95. The molecule has 0 radical (unpaired) electrons. The Kier molecular flexibility index (Phi) is 27.4. The molecule has 0 spiro atoms. The zero-order chi connectivity index (χ0) is 9.82. The Bertz CT molecular complexity index is 67.9. The van der Waals surface area contributed by atoms with Gasteiger partial charge in [-0.15, -0.1) is 12.7 Å². The Hall–Kier alpha value is 0.686. The molecule has 0 saturated carbocycles. The van der Waals surface area contributed by atoms with Crippen molar-refractivity contribution in [3.63, 3.8) is 0 Å². The van der Waals surface area contributed by atoms with Crippen molar-refractivity contribution in [1.29, 1.82) is 0 Å². The molecule has 0 aliphatic heterocycles. The largest absolute Gasteiger partial charge is 2.00 e. The Labute approximate surface area is 98.9 Å². The standard InChI is InChI=1S/C8H17O.C2H5O.Mg/c1-3-4-5-6-7-8(2)9;1-2-3;/h8H,3-7H2,1-2H3;2H2,1H3;/q2*-1;+2. The van der Waals surface area contributed by atoms with E-state index in [4.69, 9.17) is 5.11 Å². The van der Waals surface area contributed by atoms with Crippen LogP contribution in [0.25, 0.3) is 0 Å². The van der Waals surface area contributed by atoms with Gasteiger partial charge in [0.15, 0.2) is 0 Å². The maximum atomic E-state index is 10.5. The summed E-state index contributed by atoms with van der Waals surface area (Å²) in [7, 11) is 0. The first kappa shape index (κ1) is 19.3. The van der Waals surface area contributed by atoms with Crippen molar-refractivity contribution in [2.45, 2.75) is 59.0 Å². The number of rotatable bonds is 5. The van der Waals surface area contributed by atoms with Crippen LogP contribution in [0.3, 0.4) is 0 Å². The predicted molar refractivity (Wildman–Crippen MR) is 54.5 cm³/mol. The van der Waals surface area contributed by atoms with E-state index < -0.39 is 0 Å². The Morgan fingerprint density at radius 3 is 1.85 bits per heavy atom. The minimum atomic E-state index is -0.346. The summed E-state index contributed by atoms with van der Waals surface area (Å²) in [6, 6.07) is 0. The molecule has 0 fully saturated rings. The fourth-order valence-corrected chi connectivity index (χ4v) is 0.859. The van der Waals surface area contributed by atoms with Crippen LogP contribution in [-0.2, 0) is 0 Å². The van der Waals surface area contributed by atoms with Gasteiger partial charge in [-0.25, -0.2) is 0 Å². The first-order chi connectivity index (χ1) is 5.68. The minimum Gasteiger partial charge on any atom is -0.855 e. The summed E-state index contributed by atoms with van der Waals surface area (Å²) in [5.41, 5.74) is 0. The van der Waals surface area contributed by atoms with E-state index in [0.29, 0.717) is 0 Å². The molecule has 0 aliphatic rings. The predicted octanol–water partition coefficient (Wildman–Crippen LogP) is 0.691. The van der Waals surface area contributed by atoms with Crippen LogP contribution in [0.15, 0.2) is 0 Å². The molecule has 2 nitrogen and oxygen atoms in total. The molecular weight excluding hydrogens is 176 g/mol. The average Bonchev–Trinajstić information content (AvgIpc) is 1.99. The van der Waals surface area contributed by atoms with Crippen LogP contribution >= 0.6 is 0 Å². The third-order valence-corrected chi connectivity index (χ3v) is 1.46. The fraction of sp³-hybridized carbons (Fsp3) is 1.00. The summed E-state index contributed by atoms with van der Waals surface area (Å²) in [6.45, 7) is 5.49. The maximum absolute atomic E-state index is 10.5. The molecule has 0 aromatic rings. The van der Waals surface area contributed by atoms with Gasteiger partial charge in [0.25, 0.3) is 0 Å². The number of hydrogen-bond donors (Lipinski definition) is 0. The zero-order valence-electron chi connectivity index (χ0n) is 9.34. The molecule has 1 atom stereocenters. The van der Waals surface area contributed by atoms with Crippen molar-refractivity contribution in [1.82, 2.24) is 0 Å². The molecule has 0 bridgehead atoms. The van der Waals surface area contributed by atoms with Crippen LogP contribution in [0.5, 0.6) is 0 Å². The molecule has 1 unspecified atom stereocenters. The molecule has 0 rings (SSSR count). The van der Waals surface area contributed by atoms with Crippen molar-refractivity contribution in [2.75, 3.05) is 6.61 Å². The molecule has 76 valence electrons. The minimum absolute atomic E-state index is 0. The van der Waals surface area contributed by atoms with Gasteiger partial charge in [0.05, 0.1) is 0 Å². The molecule has 3 heteroatoms. The molecule has 0 aromatic heterocycles. The van der Waals surface area contributed by atoms with E-state index in [-0.39, 0.29) is 35.8 Å². The molecule has 0 saturated heterocycles. The van der Waals surface area contributed by atoms with Crippen LogP contribution in [-0.4, -0.2) is 35.8 Å². The van der Waals surface area contributed by atoms with Crippen LogP contribution in [0.1, 0.15) is 52.9 Å². The summed E-state index contributed by atoms with van der Waals surface area (Å²) in [6.07, 6.45) is 5.42. The van der Waals surface area contributed by atoms with E-state index in [1.807, 2.05) is 0 Å². The van der Waals surface area contributed by atoms with Crippen molar-refractivity contribution in [3.05, 3.63) is 0 Å². The molecular formula is C10H22MgO2. The van der Waals surface area contributed by atoms with Crippen LogP contribution in [0.2, 0.25) is 0 Å². The van der Waals surface area contributed by atoms with Gasteiger partial charge in [0.2, 0.25) is 0 Å². The summed E-state index contributed by atoms with van der Waals surface area (Å²) in [5, 5.41) is 19.4. The van der Waals surface area contributed by atoms with Crippen molar-refractivity contribution >= 4 is 23.1 Å². The second-order valence-electron chi connectivity index (χ2n) is 2.95. The van der Waals surface area contributed by atoms with E-state index in [0.717, 1.165) is 12.8 Å². The normalized spacial score (nSPS) is 10.8. The first-order valence-electron chi connectivity index (χ1n) is 4.92. The van der Waals surface area contributed by atoms with Gasteiger partial charge in [0.1, 0.15) is 0 Å². The summed E-state index contributed by atoms with van der Waals surface area (Å²) < 4.78 is 0. The number of unbranched alkanes of at least 4 members (excludes halogenated alkanes) is 3. The van der Waals surface area contributed by atoms with Gasteiger partial charge in [-0.3, -0.25) is 0 Å². The topological polar surface area (TPSA) is 46.1 Å². The van der Waals surface area contributed by atoms with Gasteiger partial charge in [-0.05, 0) is 0 Å². The van der Waals surface area contributed by atoms with Gasteiger partial charge < -0.3 is 10.2 Å². The third kappa shape index (κ3) is 32.4. The van der Waals surface area contributed by atoms with E-state index in [9.17, 15) is 5.11 Å². The first-order valence-corrected chi connectivity index (χ1v) is 4.92. The van der Waals surface area contributed by atoms with Gasteiger partial charge in [-0.1, -0.05) is 52.9 Å². The maximum Gasteiger partial charge on any atom is 2.00 e. The summed E-state index contributed by atoms with van der Waals surface area (Å²) in [4.78, 5) is 0. The van der Waals surface area contributed by atoms with Gasteiger partial charge >= 0.3 is 23.1 Å². The fourth-order valence-electron chi connectivity index (χ4n) is 0.859. The van der Waals surface area contributed by atoms with E-state index in [1.165, 1.54) is 19.3 Å². The van der Waals surface area contributed by atoms with Gasteiger partial charge in [0, 0.05) is 0 Å². The van der Waals surface area contributed by atoms with E-state index in [1.54, 1.807) is 13.8 Å². The summed E-state index contributed by atoms with van der Waals surface area (Å²) in [5.74, 6) is 0.